The minimum absolute atomic E-state index is 0.137. The minimum Gasteiger partial charge on any atom is -0.349 e. The zero-order valence-corrected chi connectivity index (χ0v) is 11.2. The van der Waals surface area contributed by atoms with Crippen molar-refractivity contribution in [2.75, 3.05) is 13.1 Å². The van der Waals surface area contributed by atoms with Gasteiger partial charge in [0.15, 0.2) is 0 Å². The van der Waals surface area contributed by atoms with Gasteiger partial charge in [-0.05, 0) is 33.2 Å². The number of nitrogens with zero attached hydrogens (tertiary/aromatic N) is 1. The molecule has 2 N–H and O–H groups in total. The number of aryl methyl sites for hydroxylation is 1. The largest absolute Gasteiger partial charge is 0.349 e. The van der Waals surface area contributed by atoms with E-state index >= 15 is 0 Å². The molecule has 2 heterocycles. The Kier molecular flexibility index (Phi) is 3.79. The molecule has 0 radical (unpaired) electrons. The molecule has 1 aromatic rings. The van der Waals surface area contributed by atoms with Crippen molar-refractivity contribution in [1.82, 2.24) is 15.6 Å². The first-order chi connectivity index (χ1) is 8.10. The van der Waals surface area contributed by atoms with E-state index in [9.17, 15) is 4.79 Å². The molecule has 1 atom stereocenters. The summed E-state index contributed by atoms with van der Waals surface area (Å²) in [5.41, 5.74) is 0.759. The van der Waals surface area contributed by atoms with Gasteiger partial charge in [-0.1, -0.05) is 0 Å². The van der Waals surface area contributed by atoms with Gasteiger partial charge in [-0.25, -0.2) is 4.98 Å². The van der Waals surface area contributed by atoms with Crippen molar-refractivity contribution in [3.05, 3.63) is 16.1 Å². The van der Waals surface area contributed by atoms with Gasteiger partial charge in [0.25, 0.3) is 0 Å². The van der Waals surface area contributed by atoms with Crippen LogP contribution in [0.4, 0.5) is 0 Å². The van der Waals surface area contributed by atoms with Crippen molar-refractivity contribution in [2.45, 2.75) is 33.2 Å². The third-order valence-electron chi connectivity index (χ3n) is 3.21. The number of carbonyl (C=O) groups is 1. The molecule has 0 spiro atoms. The quantitative estimate of drug-likeness (QED) is 0.857. The topological polar surface area (TPSA) is 54.0 Å². The monoisotopic (exact) mass is 253 g/mol. The standard InChI is InChI=1S/C12H19N3OS/c1-9-7-17-10(15-9)6-14-11(16)12(2)4-3-5-13-8-12/h7,13H,3-6,8H2,1-2H3,(H,14,16). The van der Waals surface area contributed by atoms with Crippen LogP contribution in [0.15, 0.2) is 5.38 Å². The Balaban J connectivity index is 1.88. The number of thiazole rings is 1. The van der Waals surface area contributed by atoms with Crippen LogP contribution in [0, 0.1) is 12.3 Å². The molecule has 0 saturated carbocycles. The van der Waals surface area contributed by atoms with Crippen molar-refractivity contribution in [2.24, 2.45) is 5.41 Å². The lowest BCUT2D eigenvalue weighted by Crippen LogP contribution is -2.48. The van der Waals surface area contributed by atoms with Gasteiger partial charge < -0.3 is 10.6 Å². The maximum absolute atomic E-state index is 12.1. The van der Waals surface area contributed by atoms with Gasteiger partial charge in [0, 0.05) is 17.6 Å². The molecule has 1 aromatic heterocycles. The summed E-state index contributed by atoms with van der Waals surface area (Å²) in [6.07, 6.45) is 2.03. The Morgan fingerprint density at radius 3 is 3.12 bits per heavy atom. The number of piperidine rings is 1. The molecule has 4 nitrogen and oxygen atoms in total. The van der Waals surface area contributed by atoms with Crippen molar-refractivity contribution >= 4 is 17.2 Å². The number of rotatable bonds is 3. The maximum Gasteiger partial charge on any atom is 0.227 e. The predicted octanol–water partition coefficient (Wildman–Crippen LogP) is 1.46. The number of carbonyl (C=O) groups excluding carboxylic acids is 1. The molecule has 1 aliphatic rings. The number of hydrogen-bond donors (Lipinski definition) is 2. The van der Waals surface area contributed by atoms with Crippen LogP contribution in [0.1, 0.15) is 30.5 Å². The molecule has 1 saturated heterocycles. The minimum atomic E-state index is -0.259. The van der Waals surface area contributed by atoms with Gasteiger partial charge in [-0.3, -0.25) is 4.79 Å². The molecule has 17 heavy (non-hydrogen) atoms. The van der Waals surface area contributed by atoms with E-state index in [-0.39, 0.29) is 11.3 Å². The molecule has 1 amide bonds. The molecule has 0 aromatic carbocycles. The van der Waals surface area contributed by atoms with Crippen molar-refractivity contribution in [3.8, 4) is 0 Å². The van der Waals surface area contributed by atoms with Crippen LogP contribution in [-0.2, 0) is 11.3 Å². The fourth-order valence-corrected chi connectivity index (χ4v) is 2.81. The van der Waals surface area contributed by atoms with E-state index in [0.29, 0.717) is 6.54 Å². The summed E-state index contributed by atoms with van der Waals surface area (Å²) in [5.74, 6) is 0.137. The third kappa shape index (κ3) is 3.04. The summed E-state index contributed by atoms with van der Waals surface area (Å²) >= 11 is 1.60. The lowest BCUT2D eigenvalue weighted by molar-refractivity contribution is -0.131. The first-order valence-electron chi connectivity index (χ1n) is 6.00. The highest BCUT2D eigenvalue weighted by molar-refractivity contribution is 7.09. The summed E-state index contributed by atoms with van der Waals surface area (Å²) < 4.78 is 0. The Labute approximate surface area is 106 Å². The van der Waals surface area contributed by atoms with E-state index in [1.54, 1.807) is 11.3 Å². The van der Waals surface area contributed by atoms with E-state index < -0.39 is 0 Å². The van der Waals surface area contributed by atoms with Crippen molar-refractivity contribution in [3.63, 3.8) is 0 Å². The normalized spacial score (nSPS) is 24.6. The summed E-state index contributed by atoms with van der Waals surface area (Å²) in [7, 11) is 0. The molecule has 2 rings (SSSR count). The van der Waals surface area contributed by atoms with Gasteiger partial charge >= 0.3 is 0 Å². The molecular weight excluding hydrogens is 234 g/mol. The second kappa shape index (κ2) is 5.14. The second-order valence-electron chi connectivity index (χ2n) is 4.91. The van der Waals surface area contributed by atoms with Crippen LogP contribution in [0.5, 0.6) is 0 Å². The van der Waals surface area contributed by atoms with Crippen LogP contribution in [-0.4, -0.2) is 24.0 Å². The van der Waals surface area contributed by atoms with Crippen LogP contribution in [0.2, 0.25) is 0 Å². The molecule has 94 valence electrons. The van der Waals surface area contributed by atoms with Gasteiger partial charge in [-0.15, -0.1) is 11.3 Å². The van der Waals surface area contributed by atoms with Crippen molar-refractivity contribution < 1.29 is 4.79 Å². The lowest BCUT2D eigenvalue weighted by Gasteiger charge is -2.32. The van der Waals surface area contributed by atoms with Gasteiger partial charge in [-0.2, -0.15) is 0 Å². The number of aromatic nitrogens is 1. The van der Waals surface area contributed by atoms with Crippen LogP contribution in [0.3, 0.4) is 0 Å². The molecule has 0 bridgehead atoms. The highest BCUT2D eigenvalue weighted by Gasteiger charge is 2.34. The third-order valence-corrected chi connectivity index (χ3v) is 4.18. The Morgan fingerprint density at radius 1 is 1.71 bits per heavy atom. The van der Waals surface area contributed by atoms with Crippen molar-refractivity contribution in [1.29, 1.82) is 0 Å². The Bertz CT molecular complexity index is 396. The molecule has 1 unspecified atom stereocenters. The van der Waals surface area contributed by atoms with Gasteiger partial charge in [0.05, 0.1) is 12.0 Å². The number of nitrogens with one attached hydrogen (secondary N) is 2. The van der Waals surface area contributed by atoms with Gasteiger partial charge in [0.1, 0.15) is 5.01 Å². The predicted molar refractivity (Wildman–Crippen MR) is 68.9 cm³/mol. The maximum atomic E-state index is 12.1. The highest BCUT2D eigenvalue weighted by atomic mass is 32.1. The zero-order chi connectivity index (χ0) is 12.3. The average molecular weight is 253 g/mol. The molecule has 1 aliphatic heterocycles. The fourth-order valence-electron chi connectivity index (χ4n) is 2.10. The van der Waals surface area contributed by atoms with Crippen LogP contribution >= 0.6 is 11.3 Å². The molecule has 5 heteroatoms. The van der Waals surface area contributed by atoms with E-state index in [1.165, 1.54) is 0 Å². The molecular formula is C12H19N3OS. The fraction of sp³-hybridized carbons (Fsp3) is 0.667. The molecule has 0 aliphatic carbocycles. The van der Waals surface area contributed by atoms with E-state index in [1.807, 2.05) is 19.2 Å². The summed E-state index contributed by atoms with van der Waals surface area (Å²) in [6.45, 7) is 6.34. The lowest BCUT2D eigenvalue weighted by atomic mass is 9.82. The second-order valence-corrected chi connectivity index (χ2v) is 5.85. The number of hydrogen-bond acceptors (Lipinski definition) is 4. The first-order valence-corrected chi connectivity index (χ1v) is 6.88. The van der Waals surface area contributed by atoms with Crippen LogP contribution in [0.25, 0.3) is 0 Å². The summed E-state index contributed by atoms with van der Waals surface area (Å²) in [4.78, 5) is 16.5. The van der Waals surface area contributed by atoms with E-state index in [0.717, 1.165) is 36.6 Å². The summed E-state index contributed by atoms with van der Waals surface area (Å²) in [5, 5.41) is 9.26. The average Bonchev–Trinajstić information content (AvgIpc) is 2.73. The smallest absolute Gasteiger partial charge is 0.227 e. The number of amides is 1. The molecule has 1 fully saturated rings. The SMILES string of the molecule is Cc1csc(CNC(=O)C2(C)CCCNC2)n1. The summed E-state index contributed by atoms with van der Waals surface area (Å²) in [6, 6.07) is 0. The van der Waals surface area contributed by atoms with E-state index in [4.69, 9.17) is 0 Å². The highest BCUT2D eigenvalue weighted by Crippen LogP contribution is 2.25. The Morgan fingerprint density at radius 2 is 2.53 bits per heavy atom. The van der Waals surface area contributed by atoms with Crippen LogP contribution < -0.4 is 10.6 Å². The Hall–Kier alpha value is -0.940. The van der Waals surface area contributed by atoms with Gasteiger partial charge in [0.2, 0.25) is 5.91 Å². The first kappa shape index (κ1) is 12.5. The van der Waals surface area contributed by atoms with E-state index in [2.05, 4.69) is 15.6 Å². The zero-order valence-electron chi connectivity index (χ0n) is 10.4.